The average molecular weight is 315 g/mol. The summed E-state index contributed by atoms with van der Waals surface area (Å²) in [4.78, 5) is 1.40. The van der Waals surface area contributed by atoms with Gasteiger partial charge >= 0.3 is 0 Å². The Labute approximate surface area is 130 Å². The lowest BCUT2D eigenvalue weighted by Crippen LogP contribution is -2.14. The van der Waals surface area contributed by atoms with Gasteiger partial charge in [0.15, 0.2) is 0 Å². The highest BCUT2D eigenvalue weighted by Crippen LogP contribution is 2.28. The van der Waals surface area contributed by atoms with Crippen LogP contribution in [0.25, 0.3) is 0 Å². The van der Waals surface area contributed by atoms with Gasteiger partial charge in [0.05, 0.1) is 25.4 Å². The fourth-order valence-electron chi connectivity index (χ4n) is 1.63. The van der Waals surface area contributed by atoms with Crippen molar-refractivity contribution in [3.8, 4) is 5.75 Å². The van der Waals surface area contributed by atoms with Gasteiger partial charge < -0.3 is 19.9 Å². The summed E-state index contributed by atoms with van der Waals surface area (Å²) in [6.45, 7) is 2.44. The van der Waals surface area contributed by atoms with Gasteiger partial charge in [-0.3, -0.25) is 0 Å². The molecule has 4 nitrogen and oxygen atoms in total. The molecular weight excluding hydrogens is 294 g/mol. The van der Waals surface area contributed by atoms with E-state index in [9.17, 15) is 0 Å². The monoisotopic (exact) mass is 315 g/mol. The van der Waals surface area contributed by atoms with Gasteiger partial charge in [0.25, 0.3) is 0 Å². The topological polar surface area (TPSA) is 53.7 Å². The van der Waals surface area contributed by atoms with Crippen molar-refractivity contribution < 1.29 is 14.2 Å². The number of hydrogen-bond donors (Lipinski definition) is 1. The minimum atomic E-state index is 0.362. The molecule has 6 heteroatoms. The van der Waals surface area contributed by atoms with Crippen LogP contribution in [0.3, 0.4) is 0 Å². The summed E-state index contributed by atoms with van der Waals surface area (Å²) >= 11 is 6.70. The lowest BCUT2D eigenvalue weighted by molar-refractivity contribution is 0.0644. The summed E-state index contributed by atoms with van der Waals surface area (Å²) < 4.78 is 16.0. The second kappa shape index (κ2) is 9.99. The fraction of sp³-hybridized carbons (Fsp3) is 0.500. The third kappa shape index (κ3) is 5.66. The Bertz CT molecular complexity index is 427. The highest BCUT2D eigenvalue weighted by Gasteiger charge is 2.11. The lowest BCUT2D eigenvalue weighted by atomic mass is 10.2. The predicted molar refractivity (Wildman–Crippen MR) is 86.9 cm³/mol. The van der Waals surface area contributed by atoms with E-state index >= 15 is 0 Å². The van der Waals surface area contributed by atoms with Crippen molar-refractivity contribution in [3.63, 3.8) is 0 Å². The minimum Gasteiger partial charge on any atom is -0.493 e. The van der Waals surface area contributed by atoms with Crippen LogP contribution in [0.15, 0.2) is 23.1 Å². The molecule has 0 heterocycles. The largest absolute Gasteiger partial charge is 0.493 e. The molecule has 0 amide bonds. The zero-order chi connectivity index (χ0) is 14.8. The first kappa shape index (κ1) is 17.2. The minimum absolute atomic E-state index is 0.362. The number of methoxy groups -OCH3 is 1. The van der Waals surface area contributed by atoms with E-state index < -0.39 is 0 Å². The summed E-state index contributed by atoms with van der Waals surface area (Å²) in [6, 6.07) is 5.82. The van der Waals surface area contributed by atoms with Gasteiger partial charge in [-0.1, -0.05) is 18.3 Å². The number of ether oxygens (including phenoxy) is 3. The zero-order valence-corrected chi connectivity index (χ0v) is 13.5. The maximum atomic E-state index is 5.78. The van der Waals surface area contributed by atoms with Crippen molar-refractivity contribution in [3.05, 3.63) is 23.8 Å². The number of benzene rings is 1. The zero-order valence-electron chi connectivity index (χ0n) is 11.9. The summed E-state index contributed by atoms with van der Waals surface area (Å²) in [5.74, 6) is 0.737. The molecule has 1 aromatic carbocycles. The summed E-state index contributed by atoms with van der Waals surface area (Å²) in [5.41, 5.74) is 6.59. The Morgan fingerprint density at radius 3 is 2.70 bits per heavy atom. The molecule has 1 rings (SSSR count). The number of rotatable bonds is 10. The second-order valence-corrected chi connectivity index (χ2v) is 5.29. The first-order valence-corrected chi connectivity index (χ1v) is 8.00. The molecular formula is C14H21NO3S2. The van der Waals surface area contributed by atoms with Crippen LogP contribution >= 0.6 is 24.0 Å². The van der Waals surface area contributed by atoms with E-state index in [4.69, 9.17) is 32.2 Å². The summed E-state index contributed by atoms with van der Waals surface area (Å²) in [5, 5.41) is 0. The van der Waals surface area contributed by atoms with E-state index in [1.807, 2.05) is 24.5 Å². The van der Waals surface area contributed by atoms with Gasteiger partial charge in [0.1, 0.15) is 10.7 Å². The van der Waals surface area contributed by atoms with E-state index in [1.54, 1.807) is 18.9 Å². The molecule has 0 aliphatic rings. The van der Waals surface area contributed by atoms with Crippen LogP contribution in [0.4, 0.5) is 0 Å². The van der Waals surface area contributed by atoms with Crippen LogP contribution in [-0.2, 0) is 9.47 Å². The highest BCUT2D eigenvalue weighted by molar-refractivity contribution is 7.98. The molecule has 2 N–H and O–H groups in total. The molecule has 0 aliphatic carbocycles. The normalized spacial score (nSPS) is 10.5. The van der Waals surface area contributed by atoms with Crippen LogP contribution in [-0.4, -0.2) is 44.8 Å². The van der Waals surface area contributed by atoms with Gasteiger partial charge in [-0.2, -0.15) is 0 Å². The van der Waals surface area contributed by atoms with E-state index in [0.717, 1.165) is 22.6 Å². The number of hydrogen-bond acceptors (Lipinski definition) is 5. The van der Waals surface area contributed by atoms with Gasteiger partial charge in [-0.05, 0) is 18.4 Å². The maximum Gasteiger partial charge on any atom is 0.130 e. The number of nitrogens with two attached hydrogens (primary N) is 1. The van der Waals surface area contributed by atoms with Crippen LogP contribution in [0, 0.1) is 0 Å². The molecule has 0 spiro atoms. The SMILES string of the molecule is COCCOCCCOc1cccc(SC)c1C(N)=S. The standard InChI is InChI=1S/C14H21NO3S2/c1-16-9-10-17-7-4-8-18-11-5-3-6-12(20-2)13(11)14(15)19/h3,5-6H,4,7-10H2,1-2H3,(H2,15,19). The van der Waals surface area contributed by atoms with Crippen molar-refractivity contribution in [1.82, 2.24) is 0 Å². The fourth-order valence-corrected chi connectivity index (χ4v) is 2.54. The Kier molecular flexibility index (Phi) is 8.60. The second-order valence-electron chi connectivity index (χ2n) is 4.00. The van der Waals surface area contributed by atoms with Gasteiger partial charge in [0, 0.05) is 25.0 Å². The van der Waals surface area contributed by atoms with Gasteiger partial charge in [-0.25, -0.2) is 0 Å². The van der Waals surface area contributed by atoms with Crippen LogP contribution in [0.5, 0.6) is 5.75 Å². The number of thiocarbonyl (C=S) groups is 1. The van der Waals surface area contributed by atoms with E-state index in [2.05, 4.69) is 0 Å². The molecule has 0 aromatic heterocycles. The van der Waals surface area contributed by atoms with Crippen molar-refractivity contribution in [2.75, 3.05) is 39.8 Å². The van der Waals surface area contributed by atoms with Crippen molar-refractivity contribution in [1.29, 1.82) is 0 Å². The average Bonchev–Trinajstić information content (AvgIpc) is 2.45. The molecule has 0 bridgehead atoms. The smallest absolute Gasteiger partial charge is 0.130 e. The predicted octanol–water partition coefficient (Wildman–Crippen LogP) is 2.47. The highest BCUT2D eigenvalue weighted by atomic mass is 32.2. The third-order valence-corrected chi connectivity index (χ3v) is 3.56. The molecule has 0 unspecified atom stereocenters. The Balaban J connectivity index is 2.45. The van der Waals surface area contributed by atoms with Crippen LogP contribution in [0.2, 0.25) is 0 Å². The van der Waals surface area contributed by atoms with Gasteiger partial charge in [0.2, 0.25) is 0 Å². The van der Waals surface area contributed by atoms with E-state index in [0.29, 0.717) is 31.4 Å². The Morgan fingerprint density at radius 1 is 1.25 bits per heavy atom. The Hall–Kier alpha value is -0.820. The molecule has 0 fully saturated rings. The van der Waals surface area contributed by atoms with Gasteiger partial charge in [-0.15, -0.1) is 11.8 Å². The Morgan fingerprint density at radius 2 is 2.05 bits per heavy atom. The number of thioether (sulfide) groups is 1. The van der Waals surface area contributed by atoms with Crippen molar-refractivity contribution in [2.45, 2.75) is 11.3 Å². The molecule has 0 saturated heterocycles. The van der Waals surface area contributed by atoms with E-state index in [-0.39, 0.29) is 0 Å². The van der Waals surface area contributed by atoms with E-state index in [1.165, 1.54) is 0 Å². The molecule has 0 atom stereocenters. The molecule has 0 aliphatic heterocycles. The molecule has 0 radical (unpaired) electrons. The summed E-state index contributed by atoms with van der Waals surface area (Å²) in [6.07, 6.45) is 2.80. The molecule has 1 aromatic rings. The van der Waals surface area contributed by atoms with Crippen molar-refractivity contribution >= 4 is 29.0 Å². The first-order chi connectivity index (χ1) is 9.70. The van der Waals surface area contributed by atoms with Crippen LogP contribution in [0.1, 0.15) is 12.0 Å². The molecule has 112 valence electrons. The first-order valence-electron chi connectivity index (χ1n) is 6.37. The third-order valence-electron chi connectivity index (χ3n) is 2.58. The van der Waals surface area contributed by atoms with Crippen LogP contribution < -0.4 is 10.5 Å². The molecule has 0 saturated carbocycles. The lowest BCUT2D eigenvalue weighted by Gasteiger charge is -2.13. The van der Waals surface area contributed by atoms with Crippen molar-refractivity contribution in [2.24, 2.45) is 5.73 Å². The summed E-state index contributed by atoms with van der Waals surface area (Å²) in [7, 11) is 1.66. The maximum absolute atomic E-state index is 5.78. The quantitative estimate of drug-likeness (QED) is 0.407. The molecule has 20 heavy (non-hydrogen) atoms.